The Bertz CT molecular complexity index is 434. The van der Waals surface area contributed by atoms with Crippen LogP contribution in [0.15, 0.2) is 36.5 Å². The molecule has 0 aliphatic rings. The Morgan fingerprint density at radius 1 is 1.27 bits per heavy atom. The van der Waals surface area contributed by atoms with Crippen LogP contribution in [-0.2, 0) is 18.4 Å². The van der Waals surface area contributed by atoms with Crippen LogP contribution in [0.2, 0.25) is 0 Å². The van der Waals surface area contributed by atoms with Crippen molar-refractivity contribution in [2.45, 2.75) is 6.61 Å². The van der Waals surface area contributed by atoms with E-state index in [-0.39, 0.29) is 0 Å². The van der Waals surface area contributed by atoms with Crippen LogP contribution < -0.4 is 0 Å². The van der Waals surface area contributed by atoms with Crippen molar-refractivity contribution in [2.75, 3.05) is 7.11 Å². The highest BCUT2D eigenvalue weighted by Crippen LogP contribution is 2.17. The summed E-state index contributed by atoms with van der Waals surface area (Å²) >= 11 is 0. The number of nitrogens with zero attached hydrogens (tertiary/aromatic N) is 2. The third-order valence-electron chi connectivity index (χ3n) is 2.25. The number of benzene rings is 1. The lowest BCUT2D eigenvalue weighted by molar-refractivity contribution is 0.182. The molecule has 78 valence electrons. The molecule has 0 saturated heterocycles. The van der Waals surface area contributed by atoms with Gasteiger partial charge in [0.25, 0.3) is 0 Å². The van der Waals surface area contributed by atoms with E-state index in [9.17, 15) is 0 Å². The molecule has 0 atom stereocenters. The average Bonchev–Trinajstić information content (AvgIpc) is 2.61. The number of aryl methyl sites for hydroxylation is 1. The van der Waals surface area contributed by atoms with Gasteiger partial charge in [0.15, 0.2) is 0 Å². The molecular formula is C12H14N2O. The molecule has 2 rings (SSSR count). The monoisotopic (exact) mass is 202 g/mol. The van der Waals surface area contributed by atoms with Crippen molar-refractivity contribution in [2.24, 2.45) is 7.05 Å². The van der Waals surface area contributed by atoms with Crippen LogP contribution in [0.25, 0.3) is 11.4 Å². The summed E-state index contributed by atoms with van der Waals surface area (Å²) in [6, 6.07) is 10.1. The second kappa shape index (κ2) is 4.28. The maximum Gasteiger partial charge on any atom is 0.140 e. The molecule has 0 saturated carbocycles. The van der Waals surface area contributed by atoms with Crippen LogP contribution >= 0.6 is 0 Å². The van der Waals surface area contributed by atoms with Gasteiger partial charge in [-0.05, 0) is 0 Å². The minimum absolute atomic E-state index is 0.556. The number of aromatic nitrogens is 2. The summed E-state index contributed by atoms with van der Waals surface area (Å²) in [4.78, 5) is 4.51. The van der Waals surface area contributed by atoms with Gasteiger partial charge < -0.3 is 9.30 Å². The first kappa shape index (κ1) is 9.93. The highest BCUT2D eigenvalue weighted by atomic mass is 16.5. The molecule has 1 aromatic heterocycles. The van der Waals surface area contributed by atoms with Crippen molar-refractivity contribution in [1.82, 2.24) is 9.55 Å². The van der Waals surface area contributed by atoms with Gasteiger partial charge in [0.2, 0.25) is 0 Å². The van der Waals surface area contributed by atoms with Crippen LogP contribution in [0.5, 0.6) is 0 Å². The third-order valence-corrected chi connectivity index (χ3v) is 2.25. The molecule has 0 radical (unpaired) electrons. The smallest absolute Gasteiger partial charge is 0.140 e. The molecule has 0 amide bonds. The minimum atomic E-state index is 0.556. The van der Waals surface area contributed by atoms with Gasteiger partial charge in [-0.1, -0.05) is 30.3 Å². The summed E-state index contributed by atoms with van der Waals surface area (Å²) < 4.78 is 7.07. The van der Waals surface area contributed by atoms with E-state index in [0.29, 0.717) is 6.61 Å². The molecule has 0 unspecified atom stereocenters. The second-order valence-electron chi connectivity index (χ2n) is 3.47. The fourth-order valence-electron chi connectivity index (χ4n) is 1.60. The summed E-state index contributed by atoms with van der Waals surface area (Å²) in [5.41, 5.74) is 2.08. The zero-order valence-corrected chi connectivity index (χ0v) is 8.97. The Morgan fingerprint density at radius 2 is 2.00 bits per heavy atom. The average molecular weight is 202 g/mol. The first-order valence-electron chi connectivity index (χ1n) is 4.88. The van der Waals surface area contributed by atoms with E-state index in [1.807, 2.05) is 36.0 Å². The SMILES string of the molecule is COCc1cn(C)c(-c2ccccc2)n1. The Balaban J connectivity index is 2.36. The fraction of sp³-hybridized carbons (Fsp3) is 0.250. The summed E-state index contributed by atoms with van der Waals surface area (Å²) in [7, 11) is 3.67. The lowest BCUT2D eigenvalue weighted by Gasteiger charge is -1.99. The van der Waals surface area contributed by atoms with Gasteiger partial charge in [0.05, 0.1) is 12.3 Å². The van der Waals surface area contributed by atoms with Gasteiger partial charge in [-0.25, -0.2) is 4.98 Å². The third kappa shape index (κ3) is 2.07. The largest absolute Gasteiger partial charge is 0.378 e. The molecule has 15 heavy (non-hydrogen) atoms. The molecule has 3 nitrogen and oxygen atoms in total. The van der Waals surface area contributed by atoms with E-state index in [4.69, 9.17) is 4.74 Å². The Morgan fingerprint density at radius 3 is 2.67 bits per heavy atom. The van der Waals surface area contributed by atoms with Gasteiger partial charge in [0, 0.05) is 25.9 Å². The molecule has 0 N–H and O–H groups in total. The molecule has 0 aliphatic carbocycles. The summed E-state index contributed by atoms with van der Waals surface area (Å²) in [6.45, 7) is 0.556. The van der Waals surface area contributed by atoms with Gasteiger partial charge in [-0.2, -0.15) is 0 Å². The fourth-order valence-corrected chi connectivity index (χ4v) is 1.60. The van der Waals surface area contributed by atoms with E-state index in [2.05, 4.69) is 17.1 Å². The highest BCUT2D eigenvalue weighted by Gasteiger charge is 2.06. The van der Waals surface area contributed by atoms with Crippen LogP contribution in [0.3, 0.4) is 0 Å². The quantitative estimate of drug-likeness (QED) is 0.763. The number of methoxy groups -OCH3 is 1. The van der Waals surface area contributed by atoms with Crippen molar-refractivity contribution >= 4 is 0 Å². The lowest BCUT2D eigenvalue weighted by atomic mass is 10.2. The van der Waals surface area contributed by atoms with Gasteiger partial charge in [0.1, 0.15) is 5.82 Å². The predicted molar refractivity (Wildman–Crippen MR) is 59.4 cm³/mol. The standard InChI is InChI=1S/C12H14N2O/c1-14-8-11(9-15-2)13-12(14)10-6-4-3-5-7-10/h3-8H,9H2,1-2H3. The van der Waals surface area contributed by atoms with E-state index in [0.717, 1.165) is 17.1 Å². The predicted octanol–water partition coefficient (Wildman–Crippen LogP) is 2.23. The van der Waals surface area contributed by atoms with Gasteiger partial charge >= 0.3 is 0 Å². The minimum Gasteiger partial charge on any atom is -0.378 e. The maximum atomic E-state index is 5.06. The number of hydrogen-bond donors (Lipinski definition) is 0. The molecule has 0 spiro atoms. The van der Waals surface area contributed by atoms with Crippen molar-refractivity contribution < 1.29 is 4.74 Å². The first-order valence-corrected chi connectivity index (χ1v) is 4.88. The number of imidazole rings is 1. The van der Waals surface area contributed by atoms with Crippen LogP contribution in [-0.4, -0.2) is 16.7 Å². The first-order chi connectivity index (χ1) is 7.31. The van der Waals surface area contributed by atoms with E-state index >= 15 is 0 Å². The highest BCUT2D eigenvalue weighted by molar-refractivity contribution is 5.55. The zero-order valence-electron chi connectivity index (χ0n) is 8.97. The summed E-state index contributed by atoms with van der Waals surface area (Å²) in [5.74, 6) is 0.975. The zero-order chi connectivity index (χ0) is 10.7. The van der Waals surface area contributed by atoms with E-state index in [1.54, 1.807) is 7.11 Å². The maximum absolute atomic E-state index is 5.06. The molecule has 3 heteroatoms. The van der Waals surface area contributed by atoms with Crippen LogP contribution in [0.4, 0.5) is 0 Å². The van der Waals surface area contributed by atoms with Crippen molar-refractivity contribution in [1.29, 1.82) is 0 Å². The van der Waals surface area contributed by atoms with Crippen LogP contribution in [0, 0.1) is 0 Å². The van der Waals surface area contributed by atoms with Gasteiger partial charge in [-0.15, -0.1) is 0 Å². The van der Waals surface area contributed by atoms with Gasteiger partial charge in [-0.3, -0.25) is 0 Å². The number of hydrogen-bond acceptors (Lipinski definition) is 2. The Hall–Kier alpha value is -1.61. The molecule has 0 aliphatic heterocycles. The molecule has 0 bridgehead atoms. The van der Waals surface area contributed by atoms with Crippen molar-refractivity contribution in [3.05, 3.63) is 42.2 Å². The lowest BCUT2D eigenvalue weighted by Crippen LogP contribution is -1.90. The van der Waals surface area contributed by atoms with E-state index in [1.165, 1.54) is 0 Å². The molecule has 2 aromatic rings. The second-order valence-corrected chi connectivity index (χ2v) is 3.47. The normalized spacial score (nSPS) is 10.5. The number of ether oxygens (including phenoxy) is 1. The molecule has 0 fully saturated rings. The molecular weight excluding hydrogens is 188 g/mol. The summed E-state index contributed by atoms with van der Waals surface area (Å²) in [6.07, 6.45) is 1.99. The van der Waals surface area contributed by atoms with Crippen molar-refractivity contribution in [3.63, 3.8) is 0 Å². The summed E-state index contributed by atoms with van der Waals surface area (Å²) in [5, 5.41) is 0. The van der Waals surface area contributed by atoms with Crippen LogP contribution in [0.1, 0.15) is 5.69 Å². The Kier molecular flexibility index (Phi) is 2.83. The molecule has 1 aromatic carbocycles. The Labute approximate surface area is 89.3 Å². The van der Waals surface area contributed by atoms with E-state index < -0.39 is 0 Å². The number of rotatable bonds is 3. The molecule has 1 heterocycles. The topological polar surface area (TPSA) is 27.1 Å². The van der Waals surface area contributed by atoms with Crippen molar-refractivity contribution in [3.8, 4) is 11.4 Å².